The average Bonchev–Trinajstić information content (AvgIpc) is 2.59. The minimum absolute atomic E-state index is 0.170. The Morgan fingerprint density at radius 2 is 1.68 bits per heavy atom. The predicted octanol–water partition coefficient (Wildman–Crippen LogP) is 1.74. The van der Waals surface area contributed by atoms with Crippen LogP contribution < -0.4 is 10.5 Å². The largest absolute Gasteiger partial charge is 0.452 e. The third-order valence-corrected chi connectivity index (χ3v) is 3.98. The number of nitrogens with one attached hydrogen (secondary N) is 1. The van der Waals surface area contributed by atoms with Crippen molar-refractivity contribution in [2.45, 2.75) is 0 Å². The van der Waals surface area contributed by atoms with Gasteiger partial charge in [-0.1, -0.05) is 30.3 Å². The molecule has 0 unspecified atom stereocenters. The molecular formula is C17H16N2O5S. The van der Waals surface area contributed by atoms with Gasteiger partial charge in [0.2, 0.25) is 0 Å². The number of esters is 1. The standard InChI is InChI=1S/C17H16N2O5S/c18-16(20)12-24-17(21)14-6-8-15(9-7-14)19-25(22,23)11-10-13-4-2-1-3-5-13/h1-11,19H,12H2,(H2,18,20)/b11-10+. The number of amides is 1. The Bertz CT molecular complexity index is 875. The second kappa shape index (κ2) is 8.11. The van der Waals surface area contributed by atoms with E-state index in [2.05, 4.69) is 9.46 Å². The zero-order valence-electron chi connectivity index (χ0n) is 13.1. The predicted molar refractivity (Wildman–Crippen MR) is 93.9 cm³/mol. The first-order valence-electron chi connectivity index (χ1n) is 7.17. The molecule has 3 N–H and O–H groups in total. The normalized spacial score (nSPS) is 11.2. The quantitative estimate of drug-likeness (QED) is 0.730. The Morgan fingerprint density at radius 3 is 2.28 bits per heavy atom. The zero-order valence-corrected chi connectivity index (χ0v) is 13.9. The summed E-state index contributed by atoms with van der Waals surface area (Å²) in [5.41, 5.74) is 6.09. The lowest BCUT2D eigenvalue weighted by Gasteiger charge is -2.06. The molecule has 0 atom stereocenters. The van der Waals surface area contributed by atoms with Crippen LogP contribution in [0, 0.1) is 0 Å². The molecule has 0 saturated heterocycles. The van der Waals surface area contributed by atoms with Crippen molar-refractivity contribution in [2.75, 3.05) is 11.3 Å². The van der Waals surface area contributed by atoms with Gasteiger partial charge in [0, 0.05) is 5.69 Å². The number of anilines is 1. The van der Waals surface area contributed by atoms with E-state index in [0.29, 0.717) is 0 Å². The summed E-state index contributed by atoms with van der Waals surface area (Å²) in [5.74, 6) is -1.49. The SMILES string of the molecule is NC(=O)COC(=O)c1ccc(NS(=O)(=O)/C=C/c2ccccc2)cc1. The fraction of sp³-hybridized carbons (Fsp3) is 0.0588. The van der Waals surface area contributed by atoms with E-state index in [9.17, 15) is 18.0 Å². The maximum atomic E-state index is 12.0. The van der Waals surface area contributed by atoms with E-state index in [0.717, 1.165) is 11.0 Å². The van der Waals surface area contributed by atoms with Crippen LogP contribution in [0.4, 0.5) is 5.69 Å². The lowest BCUT2D eigenvalue weighted by molar-refractivity contribution is -0.121. The van der Waals surface area contributed by atoms with Crippen LogP contribution in [0.25, 0.3) is 6.08 Å². The van der Waals surface area contributed by atoms with Gasteiger partial charge < -0.3 is 10.5 Å². The maximum Gasteiger partial charge on any atom is 0.338 e. The number of primary amides is 1. The van der Waals surface area contributed by atoms with Crippen LogP contribution in [0.5, 0.6) is 0 Å². The van der Waals surface area contributed by atoms with Gasteiger partial charge in [-0.05, 0) is 35.9 Å². The topological polar surface area (TPSA) is 116 Å². The molecule has 0 spiro atoms. The highest BCUT2D eigenvalue weighted by Gasteiger charge is 2.10. The van der Waals surface area contributed by atoms with Gasteiger partial charge in [0.15, 0.2) is 6.61 Å². The molecule has 130 valence electrons. The molecule has 7 nitrogen and oxygen atoms in total. The summed E-state index contributed by atoms with van der Waals surface area (Å²) in [6.45, 7) is -0.516. The van der Waals surface area contributed by atoms with Crippen molar-refractivity contribution in [3.63, 3.8) is 0 Å². The molecule has 25 heavy (non-hydrogen) atoms. The van der Waals surface area contributed by atoms with Gasteiger partial charge in [-0.3, -0.25) is 9.52 Å². The number of rotatable bonds is 7. The van der Waals surface area contributed by atoms with Crippen molar-refractivity contribution >= 4 is 33.7 Å². The van der Waals surface area contributed by atoms with Crippen molar-refractivity contribution in [2.24, 2.45) is 5.73 Å². The molecule has 2 aromatic rings. The van der Waals surface area contributed by atoms with Crippen LogP contribution in [0.2, 0.25) is 0 Å². The lowest BCUT2D eigenvalue weighted by atomic mass is 10.2. The van der Waals surface area contributed by atoms with Crippen LogP contribution in [0.1, 0.15) is 15.9 Å². The second-order valence-corrected chi connectivity index (χ2v) is 6.55. The van der Waals surface area contributed by atoms with E-state index >= 15 is 0 Å². The number of carbonyl (C=O) groups excluding carboxylic acids is 2. The Balaban J connectivity index is 2.01. The first-order chi connectivity index (χ1) is 11.9. The minimum atomic E-state index is -3.70. The average molecular weight is 360 g/mol. The third-order valence-electron chi connectivity index (χ3n) is 2.97. The molecule has 0 fully saturated rings. The molecule has 8 heteroatoms. The number of sulfonamides is 1. The highest BCUT2D eigenvalue weighted by molar-refractivity contribution is 7.95. The van der Waals surface area contributed by atoms with E-state index in [1.165, 1.54) is 30.3 Å². The summed E-state index contributed by atoms with van der Waals surface area (Å²) in [6.07, 6.45) is 1.47. The summed E-state index contributed by atoms with van der Waals surface area (Å²) >= 11 is 0. The first kappa shape index (κ1) is 18.2. The Hall–Kier alpha value is -3.13. The molecular weight excluding hydrogens is 344 g/mol. The highest BCUT2D eigenvalue weighted by Crippen LogP contribution is 2.13. The van der Waals surface area contributed by atoms with Gasteiger partial charge in [0.05, 0.1) is 11.0 Å². The van der Waals surface area contributed by atoms with Crippen molar-refractivity contribution in [3.05, 3.63) is 71.1 Å². The van der Waals surface area contributed by atoms with Crippen molar-refractivity contribution in [1.82, 2.24) is 0 Å². The van der Waals surface area contributed by atoms with Crippen molar-refractivity contribution < 1.29 is 22.7 Å². The van der Waals surface area contributed by atoms with E-state index in [-0.39, 0.29) is 11.3 Å². The Labute approximate surface area is 145 Å². The smallest absolute Gasteiger partial charge is 0.338 e. The molecule has 0 aliphatic carbocycles. The van der Waals surface area contributed by atoms with Gasteiger partial charge in [-0.2, -0.15) is 0 Å². The molecule has 0 radical (unpaired) electrons. The molecule has 2 aromatic carbocycles. The second-order valence-electron chi connectivity index (χ2n) is 4.98. The fourth-order valence-corrected chi connectivity index (χ4v) is 2.69. The summed E-state index contributed by atoms with van der Waals surface area (Å²) in [7, 11) is -3.70. The summed E-state index contributed by atoms with van der Waals surface area (Å²) in [6, 6.07) is 14.6. The van der Waals surface area contributed by atoms with Gasteiger partial charge in [0.25, 0.3) is 15.9 Å². The summed E-state index contributed by atoms with van der Waals surface area (Å²) in [5, 5.41) is 1.05. The molecule has 0 saturated carbocycles. The molecule has 1 amide bonds. The lowest BCUT2D eigenvalue weighted by Crippen LogP contribution is -2.20. The van der Waals surface area contributed by atoms with E-state index < -0.39 is 28.5 Å². The Morgan fingerprint density at radius 1 is 1.04 bits per heavy atom. The van der Waals surface area contributed by atoms with Gasteiger partial charge >= 0.3 is 5.97 Å². The monoisotopic (exact) mass is 360 g/mol. The fourth-order valence-electron chi connectivity index (χ4n) is 1.82. The van der Waals surface area contributed by atoms with Crippen LogP contribution in [0.3, 0.4) is 0 Å². The molecule has 0 heterocycles. The number of hydrogen-bond donors (Lipinski definition) is 2. The molecule has 0 bridgehead atoms. The summed E-state index contributed by atoms with van der Waals surface area (Å²) < 4.78 is 31.1. The number of ether oxygens (including phenoxy) is 1. The van der Waals surface area contributed by atoms with Gasteiger partial charge in [0.1, 0.15) is 0 Å². The zero-order chi connectivity index (χ0) is 18.3. The first-order valence-corrected chi connectivity index (χ1v) is 8.72. The minimum Gasteiger partial charge on any atom is -0.452 e. The maximum absolute atomic E-state index is 12.0. The summed E-state index contributed by atoms with van der Waals surface area (Å²) in [4.78, 5) is 22.2. The third kappa shape index (κ3) is 6.11. The van der Waals surface area contributed by atoms with Gasteiger partial charge in [-0.25, -0.2) is 13.2 Å². The van der Waals surface area contributed by atoms with Crippen molar-refractivity contribution in [3.8, 4) is 0 Å². The van der Waals surface area contributed by atoms with Crippen LogP contribution in [0.15, 0.2) is 60.0 Å². The molecule has 2 rings (SSSR count). The number of nitrogens with two attached hydrogens (primary N) is 1. The van der Waals surface area contributed by atoms with Crippen LogP contribution in [-0.2, 0) is 19.6 Å². The Kier molecular flexibility index (Phi) is 5.91. The molecule has 0 aliphatic heterocycles. The molecule has 0 aliphatic rings. The number of benzene rings is 2. The van der Waals surface area contributed by atoms with Gasteiger partial charge in [-0.15, -0.1) is 0 Å². The van der Waals surface area contributed by atoms with E-state index in [4.69, 9.17) is 5.73 Å². The van der Waals surface area contributed by atoms with Crippen molar-refractivity contribution in [1.29, 1.82) is 0 Å². The highest BCUT2D eigenvalue weighted by atomic mass is 32.2. The van der Waals surface area contributed by atoms with E-state index in [1.54, 1.807) is 24.3 Å². The molecule has 0 aromatic heterocycles. The van der Waals surface area contributed by atoms with Crippen LogP contribution >= 0.6 is 0 Å². The van der Waals surface area contributed by atoms with E-state index in [1.807, 2.05) is 6.07 Å². The van der Waals surface area contributed by atoms with Crippen LogP contribution in [-0.4, -0.2) is 26.9 Å². The number of carbonyl (C=O) groups is 2. The number of hydrogen-bond acceptors (Lipinski definition) is 5.